The number of carbonyl (C=O) groups excluding carboxylic acids is 1. The van der Waals surface area contributed by atoms with Crippen molar-refractivity contribution in [2.75, 3.05) is 0 Å². The van der Waals surface area contributed by atoms with Gasteiger partial charge in [-0.3, -0.25) is 4.79 Å². The molecule has 0 radical (unpaired) electrons. The molecule has 24 heavy (non-hydrogen) atoms. The molecule has 6 atom stereocenters. The Kier molecular flexibility index (Phi) is 3.23. The average Bonchev–Trinajstić information content (AvgIpc) is 2.82. The van der Waals surface area contributed by atoms with Crippen molar-refractivity contribution in [3.05, 3.63) is 11.6 Å². The molecular weight excluding hydrogens is 300 g/mol. The predicted octanol–water partition coefficient (Wildman–Crippen LogP) is 3.00. The van der Waals surface area contributed by atoms with Crippen LogP contribution in [0.2, 0.25) is 0 Å². The molecule has 0 bridgehead atoms. The summed E-state index contributed by atoms with van der Waals surface area (Å²) in [4.78, 5) is 11.9. The summed E-state index contributed by atoms with van der Waals surface area (Å²) in [5.74, 6) is 3.30. The Bertz CT molecular complexity index is 673. The Morgan fingerprint density at radius 3 is 2.54 bits per heavy atom. The van der Waals surface area contributed by atoms with Crippen LogP contribution in [-0.2, 0) is 4.79 Å². The maximum absolute atomic E-state index is 11.9. The molecule has 0 aromatic carbocycles. The Morgan fingerprint density at radius 2 is 1.83 bits per heavy atom. The molecule has 3 nitrogen and oxygen atoms in total. The van der Waals surface area contributed by atoms with Crippen LogP contribution in [0.4, 0.5) is 0 Å². The summed E-state index contributed by atoms with van der Waals surface area (Å²) in [6, 6.07) is 0. The van der Waals surface area contributed by atoms with Crippen molar-refractivity contribution in [2.45, 2.75) is 76.4 Å². The molecule has 0 spiro atoms. The molecule has 0 aromatic heterocycles. The van der Waals surface area contributed by atoms with E-state index < -0.39 is 11.2 Å². The van der Waals surface area contributed by atoms with Crippen molar-refractivity contribution in [2.24, 2.45) is 22.7 Å². The molecule has 0 aliphatic heterocycles. The minimum Gasteiger partial charge on any atom is -0.389 e. The van der Waals surface area contributed by atoms with Gasteiger partial charge in [0.25, 0.3) is 0 Å². The van der Waals surface area contributed by atoms with Crippen molar-refractivity contribution in [3.63, 3.8) is 0 Å². The number of fused-ring (bicyclic) bond motifs is 5. The van der Waals surface area contributed by atoms with Crippen LogP contribution < -0.4 is 0 Å². The van der Waals surface area contributed by atoms with E-state index in [9.17, 15) is 15.0 Å². The largest absolute Gasteiger partial charge is 0.389 e. The van der Waals surface area contributed by atoms with Crippen LogP contribution in [0.5, 0.6) is 0 Å². The van der Waals surface area contributed by atoms with E-state index >= 15 is 0 Å². The predicted molar refractivity (Wildman–Crippen MR) is 92.0 cm³/mol. The number of ketones is 1. The quantitative estimate of drug-likeness (QED) is 0.672. The second-order valence-electron chi connectivity index (χ2n) is 9.10. The number of hydrogen-bond donors (Lipinski definition) is 2. The third-order valence-corrected chi connectivity index (χ3v) is 8.54. The third-order valence-electron chi connectivity index (χ3n) is 8.54. The van der Waals surface area contributed by atoms with Crippen molar-refractivity contribution < 1.29 is 15.0 Å². The lowest BCUT2D eigenvalue weighted by Gasteiger charge is -2.63. The smallest absolute Gasteiger partial charge is 0.155 e. The van der Waals surface area contributed by atoms with E-state index in [2.05, 4.69) is 19.8 Å². The van der Waals surface area contributed by atoms with Gasteiger partial charge >= 0.3 is 0 Å². The van der Waals surface area contributed by atoms with E-state index in [4.69, 9.17) is 6.42 Å². The number of hydrogen-bond acceptors (Lipinski definition) is 3. The van der Waals surface area contributed by atoms with Crippen molar-refractivity contribution in [1.82, 2.24) is 0 Å². The molecule has 0 saturated heterocycles. The highest BCUT2D eigenvalue weighted by Crippen LogP contribution is 2.68. The average molecular weight is 328 g/mol. The van der Waals surface area contributed by atoms with Gasteiger partial charge < -0.3 is 10.2 Å². The highest BCUT2D eigenvalue weighted by Gasteiger charge is 2.68. The number of carbonyl (C=O) groups is 1. The van der Waals surface area contributed by atoms with Gasteiger partial charge in [-0.2, -0.15) is 0 Å². The van der Waals surface area contributed by atoms with E-state index in [1.807, 2.05) is 0 Å². The van der Waals surface area contributed by atoms with Crippen LogP contribution in [0, 0.1) is 35.0 Å². The summed E-state index contributed by atoms with van der Waals surface area (Å²) in [6.07, 6.45) is 13.5. The standard InChI is InChI=1S/C21H28O3/c1-4-20(23)10-8-16-17-6-5-14-13-15(22)7-9-18(14,2)21(17,24)12-11-19(16,20)3/h1,13,16-17,23-24H,5-12H2,2-3H3. The van der Waals surface area contributed by atoms with E-state index in [1.54, 1.807) is 6.08 Å². The van der Waals surface area contributed by atoms with Crippen molar-refractivity contribution in [1.29, 1.82) is 0 Å². The van der Waals surface area contributed by atoms with Gasteiger partial charge in [0.15, 0.2) is 5.78 Å². The summed E-state index contributed by atoms with van der Waals surface area (Å²) in [6.45, 7) is 4.28. The first-order valence-corrected chi connectivity index (χ1v) is 9.37. The second kappa shape index (κ2) is 4.74. The molecule has 3 heteroatoms. The topological polar surface area (TPSA) is 57.5 Å². The minimum atomic E-state index is -1.04. The first-order chi connectivity index (χ1) is 11.2. The zero-order chi connectivity index (χ0) is 17.4. The molecule has 6 unspecified atom stereocenters. The molecule has 4 rings (SSSR count). The summed E-state index contributed by atoms with van der Waals surface area (Å²) >= 11 is 0. The van der Waals surface area contributed by atoms with Crippen LogP contribution in [0.15, 0.2) is 11.6 Å². The van der Waals surface area contributed by atoms with Gasteiger partial charge in [0, 0.05) is 17.3 Å². The summed E-state index contributed by atoms with van der Waals surface area (Å²) in [7, 11) is 0. The second-order valence-corrected chi connectivity index (χ2v) is 9.10. The number of aliphatic hydroxyl groups is 2. The van der Waals surface area contributed by atoms with Gasteiger partial charge in [-0.05, 0) is 62.9 Å². The van der Waals surface area contributed by atoms with E-state index in [0.29, 0.717) is 19.3 Å². The maximum Gasteiger partial charge on any atom is 0.155 e. The molecule has 130 valence electrons. The molecular formula is C21H28O3. The van der Waals surface area contributed by atoms with Crippen LogP contribution in [-0.4, -0.2) is 27.2 Å². The summed E-state index contributed by atoms with van der Waals surface area (Å²) in [5, 5.41) is 22.8. The van der Waals surface area contributed by atoms with Gasteiger partial charge in [0.2, 0.25) is 0 Å². The highest BCUT2D eigenvalue weighted by atomic mass is 16.3. The zero-order valence-electron chi connectivity index (χ0n) is 14.8. The fourth-order valence-electron chi connectivity index (χ4n) is 6.76. The third kappa shape index (κ3) is 1.69. The Balaban J connectivity index is 1.77. The van der Waals surface area contributed by atoms with E-state index in [1.165, 1.54) is 0 Å². The Morgan fingerprint density at radius 1 is 1.08 bits per heavy atom. The fourth-order valence-corrected chi connectivity index (χ4v) is 6.76. The lowest BCUT2D eigenvalue weighted by atomic mass is 9.44. The molecule has 4 aliphatic carbocycles. The molecule has 3 saturated carbocycles. The monoisotopic (exact) mass is 328 g/mol. The lowest BCUT2D eigenvalue weighted by molar-refractivity contribution is -0.202. The van der Waals surface area contributed by atoms with Crippen LogP contribution in [0.3, 0.4) is 0 Å². The van der Waals surface area contributed by atoms with Crippen molar-refractivity contribution >= 4 is 5.78 Å². The highest BCUT2D eigenvalue weighted by molar-refractivity contribution is 5.91. The first kappa shape index (κ1) is 16.4. The summed E-state index contributed by atoms with van der Waals surface area (Å²) in [5.41, 5.74) is -1.28. The Hall–Kier alpha value is -1.11. The SMILES string of the molecule is C#CC1(O)CCC2C3CCC4=CC(=O)CCC4(C)C3(O)CCC21C. The van der Waals surface area contributed by atoms with Gasteiger partial charge in [-0.1, -0.05) is 25.3 Å². The molecule has 3 fully saturated rings. The zero-order valence-corrected chi connectivity index (χ0v) is 14.8. The molecule has 0 amide bonds. The molecule has 2 N–H and O–H groups in total. The maximum atomic E-state index is 11.9. The number of terminal acetylenes is 1. The van der Waals surface area contributed by atoms with E-state index in [0.717, 1.165) is 37.7 Å². The molecule has 0 aromatic rings. The summed E-state index contributed by atoms with van der Waals surface area (Å²) < 4.78 is 0. The lowest BCUT2D eigenvalue weighted by Crippen LogP contribution is -2.64. The minimum absolute atomic E-state index is 0.161. The first-order valence-electron chi connectivity index (χ1n) is 9.37. The van der Waals surface area contributed by atoms with E-state index in [-0.39, 0.29) is 28.4 Å². The van der Waals surface area contributed by atoms with Gasteiger partial charge in [-0.15, -0.1) is 6.42 Å². The van der Waals surface area contributed by atoms with Crippen LogP contribution in [0.1, 0.15) is 65.2 Å². The fraction of sp³-hybridized carbons (Fsp3) is 0.762. The van der Waals surface area contributed by atoms with Crippen molar-refractivity contribution in [3.8, 4) is 12.3 Å². The van der Waals surface area contributed by atoms with Crippen LogP contribution in [0.25, 0.3) is 0 Å². The van der Waals surface area contributed by atoms with Gasteiger partial charge in [-0.25, -0.2) is 0 Å². The van der Waals surface area contributed by atoms with Crippen LogP contribution >= 0.6 is 0 Å². The Labute approximate surface area is 144 Å². The van der Waals surface area contributed by atoms with Gasteiger partial charge in [0.1, 0.15) is 5.60 Å². The number of rotatable bonds is 0. The van der Waals surface area contributed by atoms with Gasteiger partial charge in [0.05, 0.1) is 5.60 Å². The normalized spacial score (nSPS) is 53.5. The molecule has 0 heterocycles. The molecule has 4 aliphatic rings.